The first kappa shape index (κ1) is 19.1. The quantitative estimate of drug-likeness (QED) is 0.695. The molecule has 0 aliphatic rings. The Hall–Kier alpha value is -1.23. The fraction of sp³-hybridized carbons (Fsp3) is 0.429. The molecule has 0 aliphatic carbocycles. The summed E-state index contributed by atoms with van der Waals surface area (Å²) in [6.45, 7) is 5.53. The van der Waals surface area contributed by atoms with Gasteiger partial charge in [-0.3, -0.25) is 4.79 Å². The van der Waals surface area contributed by atoms with Crippen LogP contribution in [0.5, 0.6) is 0 Å². The van der Waals surface area contributed by atoms with Crippen molar-refractivity contribution in [1.82, 2.24) is 9.88 Å². The summed E-state index contributed by atoms with van der Waals surface area (Å²) in [6, 6.07) is 3.79. The summed E-state index contributed by atoms with van der Waals surface area (Å²) in [6.07, 6.45) is 0.356. The van der Waals surface area contributed by atoms with E-state index < -0.39 is 22.0 Å². The Morgan fingerprint density at radius 3 is 2.62 bits per heavy atom. The van der Waals surface area contributed by atoms with E-state index in [4.69, 9.17) is 4.52 Å². The number of aryl methyl sites for hydroxylation is 1. The van der Waals surface area contributed by atoms with Crippen LogP contribution >= 0.6 is 27.3 Å². The van der Waals surface area contributed by atoms with E-state index in [-0.39, 0.29) is 15.9 Å². The average molecular weight is 436 g/mol. The number of hydrogen-bond donors (Lipinski definition) is 2. The Morgan fingerprint density at radius 1 is 1.42 bits per heavy atom. The number of carbonyl (C=O) groups excluding carboxylic acids is 1. The second-order valence-corrected chi connectivity index (χ2v) is 10.1. The zero-order chi connectivity index (χ0) is 17.9. The van der Waals surface area contributed by atoms with Crippen LogP contribution in [0.25, 0.3) is 0 Å². The van der Waals surface area contributed by atoms with Gasteiger partial charge in [-0.25, -0.2) is 8.42 Å². The molecule has 0 aromatic carbocycles. The summed E-state index contributed by atoms with van der Waals surface area (Å²) >= 11 is 4.32. The number of sulfonamides is 1. The van der Waals surface area contributed by atoms with E-state index in [1.165, 1.54) is 6.07 Å². The Morgan fingerprint density at radius 2 is 2.12 bits per heavy atom. The molecule has 0 aliphatic heterocycles. The Kier molecular flexibility index (Phi) is 6.18. The van der Waals surface area contributed by atoms with Crippen molar-refractivity contribution < 1.29 is 17.7 Å². The van der Waals surface area contributed by atoms with E-state index in [0.29, 0.717) is 16.0 Å². The predicted octanol–water partition coefficient (Wildman–Crippen LogP) is 3.14. The topological polar surface area (TPSA) is 101 Å². The zero-order valence-corrected chi connectivity index (χ0v) is 16.6. The summed E-state index contributed by atoms with van der Waals surface area (Å²) in [7, 11) is -3.78. The number of aromatic nitrogens is 1. The third kappa shape index (κ3) is 5.13. The first-order chi connectivity index (χ1) is 11.2. The number of anilines is 1. The molecule has 2 rings (SSSR count). The zero-order valence-electron chi connectivity index (χ0n) is 13.4. The van der Waals surface area contributed by atoms with E-state index in [0.717, 1.165) is 11.3 Å². The van der Waals surface area contributed by atoms with E-state index in [2.05, 4.69) is 31.1 Å². The van der Waals surface area contributed by atoms with Crippen LogP contribution in [-0.4, -0.2) is 25.5 Å². The van der Waals surface area contributed by atoms with E-state index in [9.17, 15) is 13.2 Å². The maximum atomic E-state index is 12.5. The van der Waals surface area contributed by atoms with Gasteiger partial charge in [-0.2, -0.15) is 4.72 Å². The Balaban J connectivity index is 2.16. The Labute approximate surface area is 153 Å². The highest BCUT2D eigenvalue weighted by atomic mass is 79.9. The molecule has 2 N–H and O–H groups in total. The summed E-state index contributed by atoms with van der Waals surface area (Å²) < 4.78 is 33.1. The molecule has 2 aromatic rings. The molecule has 0 unspecified atom stereocenters. The van der Waals surface area contributed by atoms with Crippen molar-refractivity contribution in [3.05, 3.63) is 27.7 Å². The van der Waals surface area contributed by atoms with Crippen LogP contribution in [0.15, 0.2) is 30.7 Å². The van der Waals surface area contributed by atoms with E-state index in [1.54, 1.807) is 19.1 Å². The van der Waals surface area contributed by atoms with Crippen LogP contribution in [0.2, 0.25) is 0 Å². The largest absolute Gasteiger partial charge is 0.360 e. The average Bonchev–Trinajstić information content (AvgIpc) is 3.06. The Bertz CT molecular complexity index is 814. The highest BCUT2D eigenvalue weighted by Gasteiger charge is 2.28. The van der Waals surface area contributed by atoms with Crippen molar-refractivity contribution in [3.8, 4) is 0 Å². The van der Waals surface area contributed by atoms with Crippen LogP contribution in [0.3, 0.4) is 0 Å². The molecule has 0 bridgehead atoms. The molecule has 0 saturated heterocycles. The number of hydrogen-bond acceptors (Lipinski definition) is 6. The fourth-order valence-corrected chi connectivity index (χ4v) is 5.24. The minimum atomic E-state index is -3.78. The van der Waals surface area contributed by atoms with Gasteiger partial charge in [0, 0.05) is 6.07 Å². The lowest BCUT2D eigenvalue weighted by atomic mass is 10.0. The molecule has 2 heterocycles. The van der Waals surface area contributed by atoms with Crippen LogP contribution < -0.4 is 10.0 Å². The molecule has 0 saturated carbocycles. The van der Waals surface area contributed by atoms with E-state index in [1.807, 2.05) is 13.8 Å². The number of rotatable bonds is 7. The fourth-order valence-electron chi connectivity index (χ4n) is 2.01. The minimum absolute atomic E-state index is 0.123. The maximum Gasteiger partial charge on any atom is 0.250 e. The second-order valence-electron chi connectivity index (χ2n) is 5.67. The standard InChI is InChI=1S/C14H18BrN3O4S2/c1-8(2)6-10(14(19)16-12-7-9(3)22-17-12)18-24(20,21)13-5-4-11(15)23-13/h4-5,7-8,10,18H,6H2,1-3H3,(H,16,17,19)/t10-/m0/s1. The predicted molar refractivity (Wildman–Crippen MR) is 95.5 cm³/mol. The van der Waals surface area contributed by atoms with E-state index >= 15 is 0 Å². The summed E-state index contributed by atoms with van der Waals surface area (Å²) in [5, 5.41) is 6.26. The molecule has 1 amide bonds. The summed E-state index contributed by atoms with van der Waals surface area (Å²) in [5.41, 5.74) is 0. The van der Waals surface area contributed by atoms with Gasteiger partial charge in [0.2, 0.25) is 5.91 Å². The third-order valence-corrected chi connectivity index (χ3v) is 6.60. The number of thiophene rings is 1. The van der Waals surface area contributed by atoms with Crippen molar-refractivity contribution in [2.75, 3.05) is 5.32 Å². The summed E-state index contributed by atoms with van der Waals surface area (Å²) in [5.74, 6) is 0.452. The van der Waals surface area contributed by atoms with Crippen LogP contribution in [0, 0.1) is 12.8 Å². The maximum absolute atomic E-state index is 12.5. The molecule has 0 fully saturated rings. The number of carbonyl (C=O) groups is 1. The lowest BCUT2D eigenvalue weighted by Crippen LogP contribution is -2.44. The van der Waals surface area contributed by atoms with Crippen molar-refractivity contribution in [2.45, 2.75) is 37.4 Å². The first-order valence-corrected chi connectivity index (χ1v) is 10.3. The number of nitrogens with one attached hydrogen (secondary N) is 2. The van der Waals surface area contributed by atoms with Gasteiger partial charge < -0.3 is 9.84 Å². The molecule has 2 aromatic heterocycles. The highest BCUT2D eigenvalue weighted by Crippen LogP contribution is 2.26. The van der Waals surface area contributed by atoms with Crippen molar-refractivity contribution >= 4 is 49.0 Å². The SMILES string of the molecule is Cc1cc(NC(=O)[C@H](CC(C)C)NS(=O)(=O)c2ccc(Br)s2)no1. The second kappa shape index (κ2) is 7.77. The molecular formula is C14H18BrN3O4S2. The van der Waals surface area contributed by atoms with Gasteiger partial charge in [-0.15, -0.1) is 11.3 Å². The minimum Gasteiger partial charge on any atom is -0.360 e. The lowest BCUT2D eigenvalue weighted by molar-refractivity contribution is -0.118. The molecule has 1 atom stereocenters. The smallest absolute Gasteiger partial charge is 0.250 e. The van der Waals surface area contributed by atoms with Crippen LogP contribution in [-0.2, 0) is 14.8 Å². The first-order valence-electron chi connectivity index (χ1n) is 7.19. The molecule has 0 radical (unpaired) electrons. The monoisotopic (exact) mass is 435 g/mol. The van der Waals surface area contributed by atoms with Crippen molar-refractivity contribution in [3.63, 3.8) is 0 Å². The number of amides is 1. The lowest BCUT2D eigenvalue weighted by Gasteiger charge is -2.19. The van der Waals surface area contributed by atoms with Crippen LogP contribution in [0.1, 0.15) is 26.0 Å². The van der Waals surface area contributed by atoms with Gasteiger partial charge in [0.05, 0.1) is 3.79 Å². The number of halogens is 1. The number of nitrogens with zero attached hydrogens (tertiary/aromatic N) is 1. The normalized spacial score (nSPS) is 13.2. The molecule has 10 heteroatoms. The molecule has 7 nitrogen and oxygen atoms in total. The molecule has 0 spiro atoms. The van der Waals surface area contributed by atoms with Crippen molar-refractivity contribution in [2.24, 2.45) is 5.92 Å². The van der Waals surface area contributed by atoms with Crippen molar-refractivity contribution in [1.29, 1.82) is 0 Å². The van der Waals surface area contributed by atoms with Gasteiger partial charge in [0.15, 0.2) is 5.82 Å². The van der Waals surface area contributed by atoms with Gasteiger partial charge in [-0.05, 0) is 47.3 Å². The van der Waals surface area contributed by atoms with Gasteiger partial charge >= 0.3 is 0 Å². The van der Waals surface area contributed by atoms with Gasteiger partial charge in [0.1, 0.15) is 16.0 Å². The van der Waals surface area contributed by atoms with Gasteiger partial charge in [0.25, 0.3) is 10.0 Å². The van der Waals surface area contributed by atoms with Gasteiger partial charge in [-0.1, -0.05) is 19.0 Å². The van der Waals surface area contributed by atoms with Crippen LogP contribution in [0.4, 0.5) is 5.82 Å². The molecule has 24 heavy (non-hydrogen) atoms. The molecular weight excluding hydrogens is 418 g/mol. The molecule has 132 valence electrons. The summed E-state index contributed by atoms with van der Waals surface area (Å²) in [4.78, 5) is 12.4. The highest BCUT2D eigenvalue weighted by molar-refractivity contribution is 9.11. The third-order valence-electron chi connectivity index (χ3n) is 3.01.